The number of ether oxygens (including phenoxy) is 1. The van der Waals surface area contributed by atoms with Gasteiger partial charge in [0.1, 0.15) is 5.82 Å². The highest BCUT2D eigenvalue weighted by Gasteiger charge is 2.71. The van der Waals surface area contributed by atoms with Gasteiger partial charge in [0.2, 0.25) is 0 Å². The molecule has 1 saturated carbocycles. The number of imidazole rings is 1. The quantitative estimate of drug-likeness (QED) is 0.726. The molecule has 27 heavy (non-hydrogen) atoms. The lowest BCUT2D eigenvalue weighted by Gasteiger charge is -2.22. The number of esters is 1. The number of carbonyl (C=O) groups excluding carboxylic acids is 1. The molecule has 2 aliphatic rings. The first kappa shape index (κ1) is 17.9. The predicted molar refractivity (Wildman–Crippen MR) is 95.0 cm³/mol. The topological polar surface area (TPSA) is 60.2 Å². The number of aryl methyl sites for hydroxylation is 1. The molecule has 0 bridgehead atoms. The van der Waals surface area contributed by atoms with Crippen LogP contribution in [0.5, 0.6) is 0 Å². The smallest absolute Gasteiger partial charge is 0.358 e. The standard InChI is InChI=1S/C19H22F2N4O2/c1-3-15-12(7-24-10-16(22-11-24)18(26)27-4-2)5-6-17(23-15)25-8-13-14(9-25)19(13,20)21/h5-6,10-11,13-14H,3-4,7-9H2,1-2H3. The number of anilines is 1. The molecule has 3 heterocycles. The first-order valence-electron chi connectivity index (χ1n) is 9.24. The lowest BCUT2D eigenvalue weighted by Crippen LogP contribution is -2.28. The maximum atomic E-state index is 13.4. The van der Waals surface area contributed by atoms with E-state index < -0.39 is 23.7 Å². The number of aromatic nitrogens is 3. The fourth-order valence-corrected chi connectivity index (χ4v) is 3.79. The zero-order valence-corrected chi connectivity index (χ0v) is 15.4. The Morgan fingerprint density at radius 1 is 1.30 bits per heavy atom. The third-order valence-corrected chi connectivity index (χ3v) is 5.38. The fourth-order valence-electron chi connectivity index (χ4n) is 3.79. The number of alkyl halides is 2. The number of hydrogen-bond donors (Lipinski definition) is 0. The Morgan fingerprint density at radius 3 is 2.70 bits per heavy atom. The van der Waals surface area contributed by atoms with Gasteiger partial charge in [-0.2, -0.15) is 0 Å². The van der Waals surface area contributed by atoms with Crippen molar-refractivity contribution in [3.8, 4) is 0 Å². The van der Waals surface area contributed by atoms with Crippen molar-refractivity contribution in [2.24, 2.45) is 11.8 Å². The monoisotopic (exact) mass is 376 g/mol. The SMILES string of the molecule is CCOC(=O)c1cn(Cc2ccc(N3CC4C(C3)C4(F)F)nc2CC)cn1. The van der Waals surface area contributed by atoms with Gasteiger partial charge in [0.25, 0.3) is 5.92 Å². The van der Waals surface area contributed by atoms with Crippen molar-refractivity contribution in [3.05, 3.63) is 41.6 Å². The number of pyridine rings is 1. The summed E-state index contributed by atoms with van der Waals surface area (Å²) in [6, 6.07) is 3.87. The summed E-state index contributed by atoms with van der Waals surface area (Å²) in [4.78, 5) is 22.5. The molecular formula is C19H22F2N4O2. The average Bonchev–Trinajstić information content (AvgIpc) is 3.11. The number of rotatable bonds is 6. The molecule has 0 amide bonds. The van der Waals surface area contributed by atoms with Gasteiger partial charge >= 0.3 is 5.97 Å². The number of carbonyl (C=O) groups is 1. The molecule has 4 rings (SSSR count). The molecule has 0 aromatic carbocycles. The van der Waals surface area contributed by atoms with E-state index in [4.69, 9.17) is 9.72 Å². The highest BCUT2D eigenvalue weighted by Crippen LogP contribution is 2.59. The van der Waals surface area contributed by atoms with E-state index in [2.05, 4.69) is 4.98 Å². The minimum Gasteiger partial charge on any atom is -0.461 e. The van der Waals surface area contributed by atoms with Gasteiger partial charge < -0.3 is 14.2 Å². The molecule has 2 aromatic rings. The summed E-state index contributed by atoms with van der Waals surface area (Å²) >= 11 is 0. The Morgan fingerprint density at radius 2 is 2.04 bits per heavy atom. The van der Waals surface area contributed by atoms with Crippen LogP contribution in [0.25, 0.3) is 0 Å². The maximum absolute atomic E-state index is 13.4. The zero-order chi connectivity index (χ0) is 19.2. The van der Waals surface area contributed by atoms with Crippen LogP contribution < -0.4 is 4.90 Å². The van der Waals surface area contributed by atoms with Gasteiger partial charge in [0, 0.05) is 25.0 Å². The van der Waals surface area contributed by atoms with E-state index in [-0.39, 0.29) is 5.69 Å². The van der Waals surface area contributed by atoms with Crippen molar-refractivity contribution in [1.29, 1.82) is 0 Å². The van der Waals surface area contributed by atoms with Crippen LogP contribution in [0.2, 0.25) is 0 Å². The third-order valence-electron chi connectivity index (χ3n) is 5.38. The molecule has 0 radical (unpaired) electrons. The van der Waals surface area contributed by atoms with E-state index in [9.17, 15) is 13.6 Å². The van der Waals surface area contributed by atoms with Gasteiger partial charge in [-0.15, -0.1) is 0 Å². The Labute approximate surface area is 156 Å². The van der Waals surface area contributed by atoms with Crippen LogP contribution in [-0.2, 0) is 17.7 Å². The lowest BCUT2D eigenvalue weighted by atomic mass is 10.1. The predicted octanol–water partition coefficient (Wildman–Crippen LogP) is 2.77. The molecular weight excluding hydrogens is 354 g/mol. The highest BCUT2D eigenvalue weighted by atomic mass is 19.3. The minimum atomic E-state index is -2.48. The van der Waals surface area contributed by atoms with Crippen molar-refractivity contribution >= 4 is 11.8 Å². The third kappa shape index (κ3) is 3.17. The summed E-state index contributed by atoms with van der Waals surface area (Å²) in [5, 5.41) is 0. The van der Waals surface area contributed by atoms with Crippen molar-refractivity contribution in [1.82, 2.24) is 14.5 Å². The summed E-state index contributed by atoms with van der Waals surface area (Å²) in [7, 11) is 0. The Kier molecular flexibility index (Phi) is 4.36. The van der Waals surface area contributed by atoms with Crippen molar-refractivity contribution in [2.75, 3.05) is 24.6 Å². The molecule has 0 spiro atoms. The Bertz CT molecular complexity index is 853. The van der Waals surface area contributed by atoms with Crippen LogP contribution in [0.3, 0.4) is 0 Å². The average molecular weight is 376 g/mol. The van der Waals surface area contributed by atoms with Crippen molar-refractivity contribution < 1.29 is 18.3 Å². The van der Waals surface area contributed by atoms with Gasteiger partial charge in [-0.1, -0.05) is 13.0 Å². The van der Waals surface area contributed by atoms with Crippen LogP contribution in [0.4, 0.5) is 14.6 Å². The first-order valence-corrected chi connectivity index (χ1v) is 9.24. The highest BCUT2D eigenvalue weighted by molar-refractivity contribution is 5.86. The first-order chi connectivity index (χ1) is 12.9. The number of nitrogens with zero attached hydrogens (tertiary/aromatic N) is 4. The van der Waals surface area contributed by atoms with E-state index >= 15 is 0 Å². The number of piperidine rings is 1. The molecule has 2 atom stereocenters. The van der Waals surface area contributed by atoms with Crippen molar-refractivity contribution in [3.63, 3.8) is 0 Å². The summed E-state index contributed by atoms with van der Waals surface area (Å²) in [6.07, 6.45) is 3.98. The normalized spacial score (nSPS) is 22.6. The summed E-state index contributed by atoms with van der Waals surface area (Å²) < 4.78 is 33.6. The summed E-state index contributed by atoms with van der Waals surface area (Å²) in [6.45, 7) is 5.35. The molecule has 2 aromatic heterocycles. The van der Waals surface area contributed by atoms with E-state index in [1.165, 1.54) is 0 Å². The summed E-state index contributed by atoms with van der Waals surface area (Å²) in [5.74, 6) is -3.20. The second-order valence-electron chi connectivity index (χ2n) is 7.07. The minimum absolute atomic E-state index is 0.275. The summed E-state index contributed by atoms with van der Waals surface area (Å²) in [5.41, 5.74) is 2.21. The zero-order valence-electron chi connectivity index (χ0n) is 15.4. The van der Waals surface area contributed by atoms with E-state index in [1.54, 1.807) is 19.4 Å². The largest absolute Gasteiger partial charge is 0.461 e. The second kappa shape index (κ2) is 6.58. The molecule has 1 aliphatic carbocycles. The molecule has 144 valence electrons. The van der Waals surface area contributed by atoms with E-state index in [0.29, 0.717) is 26.2 Å². The van der Waals surface area contributed by atoms with Crippen LogP contribution in [-0.4, -0.2) is 46.1 Å². The van der Waals surface area contributed by atoms with Gasteiger partial charge in [-0.25, -0.2) is 23.5 Å². The van der Waals surface area contributed by atoms with E-state index in [1.807, 2.05) is 28.5 Å². The van der Waals surface area contributed by atoms with Crippen LogP contribution >= 0.6 is 0 Å². The Balaban J connectivity index is 1.47. The number of fused-ring (bicyclic) bond motifs is 1. The van der Waals surface area contributed by atoms with Crippen molar-refractivity contribution in [2.45, 2.75) is 32.7 Å². The lowest BCUT2D eigenvalue weighted by molar-refractivity contribution is 0.0520. The van der Waals surface area contributed by atoms with Crippen LogP contribution in [0.15, 0.2) is 24.7 Å². The number of hydrogen-bond acceptors (Lipinski definition) is 5. The maximum Gasteiger partial charge on any atom is 0.358 e. The van der Waals surface area contributed by atoms with Gasteiger partial charge in [0.15, 0.2) is 5.69 Å². The van der Waals surface area contributed by atoms with Crippen LogP contribution in [0.1, 0.15) is 35.6 Å². The number of halogens is 2. The molecule has 2 unspecified atom stereocenters. The van der Waals surface area contributed by atoms with Gasteiger partial charge in [-0.3, -0.25) is 0 Å². The van der Waals surface area contributed by atoms with Crippen LogP contribution in [0, 0.1) is 11.8 Å². The second-order valence-corrected chi connectivity index (χ2v) is 7.07. The van der Waals surface area contributed by atoms with Gasteiger partial charge in [-0.05, 0) is 25.0 Å². The molecule has 0 N–H and O–H groups in total. The molecule has 2 fully saturated rings. The Hall–Kier alpha value is -2.51. The fraction of sp³-hybridized carbons (Fsp3) is 0.526. The molecule has 1 aliphatic heterocycles. The molecule has 1 saturated heterocycles. The van der Waals surface area contributed by atoms with E-state index in [0.717, 1.165) is 23.5 Å². The molecule has 6 nitrogen and oxygen atoms in total. The molecule has 8 heteroatoms. The van der Waals surface area contributed by atoms with Gasteiger partial charge in [0.05, 0.1) is 31.3 Å².